The molecule has 0 fully saturated rings. The number of hydrogen-bond donors (Lipinski definition) is 1. The Labute approximate surface area is 126 Å². The van der Waals surface area contributed by atoms with Crippen molar-refractivity contribution in [2.45, 2.75) is 46.8 Å². The number of halogens is 1. The first kappa shape index (κ1) is 16.8. The maximum Gasteiger partial charge on any atom is 0.261 e. The van der Waals surface area contributed by atoms with Gasteiger partial charge >= 0.3 is 0 Å². The molecule has 0 bridgehead atoms. The minimum atomic E-state index is -0.531. The van der Waals surface area contributed by atoms with Gasteiger partial charge in [0.15, 0.2) is 6.10 Å². The molecule has 0 heterocycles. The predicted molar refractivity (Wildman–Crippen MR) is 83.1 cm³/mol. The monoisotopic (exact) mass is 297 g/mol. The van der Waals surface area contributed by atoms with Crippen LogP contribution in [0, 0.1) is 11.8 Å². The van der Waals surface area contributed by atoms with Gasteiger partial charge in [-0.2, -0.15) is 0 Å². The third-order valence-corrected chi connectivity index (χ3v) is 3.49. The van der Waals surface area contributed by atoms with Gasteiger partial charge in [0, 0.05) is 11.1 Å². The molecular weight excluding hydrogens is 274 g/mol. The Kier molecular flexibility index (Phi) is 6.34. The summed E-state index contributed by atoms with van der Waals surface area (Å²) in [6.45, 7) is 10.2. The van der Waals surface area contributed by atoms with Crippen molar-refractivity contribution in [2.75, 3.05) is 0 Å². The maximum absolute atomic E-state index is 12.2. The molecule has 1 rings (SSSR count). The van der Waals surface area contributed by atoms with E-state index in [1.165, 1.54) is 0 Å². The lowest BCUT2D eigenvalue weighted by Gasteiger charge is -2.27. The summed E-state index contributed by atoms with van der Waals surface area (Å²) in [4.78, 5) is 12.2. The Morgan fingerprint density at radius 1 is 1.05 bits per heavy atom. The molecule has 0 saturated heterocycles. The summed E-state index contributed by atoms with van der Waals surface area (Å²) in [6.07, 6.45) is -0.531. The molecule has 1 aromatic rings. The highest BCUT2D eigenvalue weighted by atomic mass is 35.5. The summed E-state index contributed by atoms with van der Waals surface area (Å²) in [5, 5.41) is 3.70. The first-order valence-corrected chi connectivity index (χ1v) is 7.41. The number of nitrogens with one attached hydrogen (secondary N) is 1. The highest BCUT2D eigenvalue weighted by Gasteiger charge is 2.23. The Balaban J connectivity index is 2.60. The van der Waals surface area contributed by atoms with Crippen LogP contribution in [0.1, 0.15) is 34.6 Å². The van der Waals surface area contributed by atoms with Crippen molar-refractivity contribution in [1.29, 1.82) is 0 Å². The molecule has 4 heteroatoms. The van der Waals surface area contributed by atoms with Crippen molar-refractivity contribution < 1.29 is 9.53 Å². The van der Waals surface area contributed by atoms with Crippen LogP contribution in [0.2, 0.25) is 5.02 Å². The van der Waals surface area contributed by atoms with E-state index in [1.54, 1.807) is 31.2 Å². The first-order valence-electron chi connectivity index (χ1n) is 7.04. The number of amides is 1. The fraction of sp³-hybridized carbons (Fsp3) is 0.562. The van der Waals surface area contributed by atoms with E-state index in [2.05, 4.69) is 33.0 Å². The minimum absolute atomic E-state index is 0.0904. The van der Waals surface area contributed by atoms with Gasteiger partial charge in [-0.25, -0.2) is 0 Å². The molecule has 20 heavy (non-hydrogen) atoms. The average Bonchev–Trinajstić information content (AvgIpc) is 2.37. The highest BCUT2D eigenvalue weighted by molar-refractivity contribution is 6.30. The number of benzene rings is 1. The van der Waals surface area contributed by atoms with E-state index in [0.29, 0.717) is 22.6 Å². The molecule has 0 aromatic heterocycles. The van der Waals surface area contributed by atoms with Gasteiger partial charge in [0.1, 0.15) is 5.75 Å². The van der Waals surface area contributed by atoms with Gasteiger partial charge in [0.25, 0.3) is 5.91 Å². The molecule has 0 saturated carbocycles. The average molecular weight is 298 g/mol. The van der Waals surface area contributed by atoms with Crippen LogP contribution in [0.5, 0.6) is 5.75 Å². The van der Waals surface area contributed by atoms with Crippen LogP contribution in [0.3, 0.4) is 0 Å². The zero-order chi connectivity index (χ0) is 15.3. The van der Waals surface area contributed by atoms with E-state index in [-0.39, 0.29) is 11.9 Å². The lowest BCUT2D eigenvalue weighted by Crippen LogP contribution is -2.47. The summed E-state index contributed by atoms with van der Waals surface area (Å²) in [7, 11) is 0. The SMILES string of the molecule is CC(Oc1ccc(Cl)cc1)C(=O)NC(C(C)C)C(C)C. The Morgan fingerprint density at radius 2 is 1.55 bits per heavy atom. The van der Waals surface area contributed by atoms with Crippen LogP contribution in [0.25, 0.3) is 0 Å². The van der Waals surface area contributed by atoms with Gasteiger partial charge in [-0.05, 0) is 43.0 Å². The van der Waals surface area contributed by atoms with Crippen LogP contribution in [0.4, 0.5) is 0 Å². The van der Waals surface area contributed by atoms with E-state index >= 15 is 0 Å². The predicted octanol–water partition coefficient (Wildman–Crippen LogP) is 3.90. The van der Waals surface area contributed by atoms with E-state index in [0.717, 1.165) is 0 Å². The summed E-state index contributed by atoms with van der Waals surface area (Å²) in [5.41, 5.74) is 0. The lowest BCUT2D eigenvalue weighted by atomic mass is 9.93. The summed E-state index contributed by atoms with van der Waals surface area (Å²) in [6, 6.07) is 7.15. The first-order chi connectivity index (χ1) is 9.31. The molecule has 3 nitrogen and oxygen atoms in total. The molecule has 1 unspecified atom stereocenters. The van der Waals surface area contributed by atoms with Crippen LogP contribution in [-0.2, 0) is 4.79 Å². The molecule has 1 atom stereocenters. The van der Waals surface area contributed by atoms with Gasteiger partial charge in [-0.15, -0.1) is 0 Å². The molecule has 0 aliphatic heterocycles. The molecule has 0 aliphatic carbocycles. The van der Waals surface area contributed by atoms with Crippen molar-refractivity contribution >= 4 is 17.5 Å². The summed E-state index contributed by atoms with van der Waals surface area (Å²) in [5.74, 6) is 1.33. The van der Waals surface area contributed by atoms with Crippen LogP contribution >= 0.6 is 11.6 Å². The van der Waals surface area contributed by atoms with Crippen LogP contribution in [-0.4, -0.2) is 18.1 Å². The zero-order valence-electron chi connectivity index (χ0n) is 12.8. The van der Waals surface area contributed by atoms with Gasteiger partial charge in [0.05, 0.1) is 0 Å². The van der Waals surface area contributed by atoms with Crippen molar-refractivity contribution in [3.63, 3.8) is 0 Å². The largest absolute Gasteiger partial charge is 0.481 e. The van der Waals surface area contributed by atoms with Crippen molar-refractivity contribution in [2.24, 2.45) is 11.8 Å². The highest BCUT2D eigenvalue weighted by Crippen LogP contribution is 2.17. The fourth-order valence-corrected chi connectivity index (χ4v) is 2.28. The summed E-state index contributed by atoms with van der Waals surface area (Å²) >= 11 is 5.81. The van der Waals surface area contributed by atoms with Crippen molar-refractivity contribution in [3.05, 3.63) is 29.3 Å². The number of rotatable bonds is 6. The zero-order valence-corrected chi connectivity index (χ0v) is 13.6. The van der Waals surface area contributed by atoms with Crippen LogP contribution in [0.15, 0.2) is 24.3 Å². The Bertz CT molecular complexity index is 421. The lowest BCUT2D eigenvalue weighted by molar-refractivity contribution is -0.128. The molecule has 1 amide bonds. The molecule has 0 aliphatic rings. The van der Waals surface area contributed by atoms with Gasteiger partial charge in [-0.1, -0.05) is 39.3 Å². The molecule has 0 spiro atoms. The number of hydrogen-bond acceptors (Lipinski definition) is 2. The number of ether oxygens (including phenoxy) is 1. The Hall–Kier alpha value is -1.22. The standard InChI is InChI=1S/C16H24ClNO2/c1-10(2)15(11(3)4)18-16(19)12(5)20-14-8-6-13(17)7-9-14/h6-12,15H,1-5H3,(H,18,19). The topological polar surface area (TPSA) is 38.3 Å². The van der Waals surface area contributed by atoms with Gasteiger partial charge in [-0.3, -0.25) is 4.79 Å². The molecule has 112 valence electrons. The van der Waals surface area contributed by atoms with E-state index in [1.807, 2.05) is 0 Å². The van der Waals surface area contributed by atoms with Crippen LogP contribution < -0.4 is 10.1 Å². The molecular formula is C16H24ClNO2. The van der Waals surface area contributed by atoms with Gasteiger partial charge < -0.3 is 10.1 Å². The fourth-order valence-electron chi connectivity index (χ4n) is 2.16. The minimum Gasteiger partial charge on any atom is -0.481 e. The molecule has 0 radical (unpaired) electrons. The van der Waals surface area contributed by atoms with Crippen molar-refractivity contribution in [3.8, 4) is 5.75 Å². The van der Waals surface area contributed by atoms with E-state index in [4.69, 9.17) is 16.3 Å². The summed E-state index contributed by atoms with van der Waals surface area (Å²) < 4.78 is 5.62. The normalized spacial score (nSPS) is 12.8. The molecule has 1 N–H and O–H groups in total. The smallest absolute Gasteiger partial charge is 0.261 e. The second-order valence-electron chi connectivity index (χ2n) is 5.74. The quantitative estimate of drug-likeness (QED) is 0.864. The maximum atomic E-state index is 12.2. The number of carbonyl (C=O) groups is 1. The van der Waals surface area contributed by atoms with E-state index in [9.17, 15) is 4.79 Å². The van der Waals surface area contributed by atoms with Gasteiger partial charge in [0.2, 0.25) is 0 Å². The second-order valence-corrected chi connectivity index (χ2v) is 6.17. The van der Waals surface area contributed by atoms with Crippen molar-refractivity contribution in [1.82, 2.24) is 5.32 Å². The van der Waals surface area contributed by atoms with E-state index < -0.39 is 6.10 Å². The third-order valence-electron chi connectivity index (χ3n) is 3.24. The second kappa shape index (κ2) is 7.53. The third kappa shape index (κ3) is 5.04. The molecule has 1 aromatic carbocycles. The Morgan fingerprint density at radius 3 is 2.00 bits per heavy atom. The number of carbonyl (C=O) groups excluding carboxylic acids is 1.